The van der Waals surface area contributed by atoms with E-state index in [1.165, 1.54) is 0 Å². The molecule has 0 saturated heterocycles. The van der Waals surface area contributed by atoms with Gasteiger partial charge in [0.1, 0.15) is 13.2 Å². The molecule has 1 aliphatic heterocycles. The number of nitrogens with one attached hydrogen (secondary N) is 1. The number of amides is 1. The molecule has 0 aromatic heterocycles. The van der Waals surface area contributed by atoms with E-state index in [1.54, 1.807) is 6.07 Å². The molecule has 0 bridgehead atoms. The first-order valence-electron chi connectivity index (χ1n) is 7.15. The minimum Gasteiger partial charge on any atom is -0.486 e. The highest BCUT2D eigenvalue weighted by molar-refractivity contribution is 5.98. The van der Waals surface area contributed by atoms with Gasteiger partial charge in [-0.25, -0.2) is 0 Å². The third-order valence-corrected chi connectivity index (χ3v) is 4.14. The monoisotopic (exact) mass is 312 g/mol. The summed E-state index contributed by atoms with van der Waals surface area (Å²) in [6.07, 6.45) is 4.12. The average Bonchev–Trinajstić information content (AvgIpc) is 2.95. The van der Waals surface area contributed by atoms with Crippen molar-refractivity contribution >= 4 is 18.3 Å². The second-order valence-electron chi connectivity index (χ2n) is 5.48. The van der Waals surface area contributed by atoms with Crippen LogP contribution in [0.4, 0.5) is 0 Å². The predicted molar refractivity (Wildman–Crippen MR) is 82.4 cm³/mol. The van der Waals surface area contributed by atoms with Crippen LogP contribution in [0.2, 0.25) is 0 Å². The van der Waals surface area contributed by atoms with Crippen LogP contribution in [0.1, 0.15) is 36.0 Å². The zero-order chi connectivity index (χ0) is 14.0. The van der Waals surface area contributed by atoms with Crippen molar-refractivity contribution in [1.82, 2.24) is 5.32 Å². The van der Waals surface area contributed by atoms with Gasteiger partial charge in [0, 0.05) is 6.54 Å². The lowest BCUT2D eigenvalue weighted by molar-refractivity contribution is 0.0892. The van der Waals surface area contributed by atoms with Crippen molar-refractivity contribution in [3.63, 3.8) is 0 Å². The van der Waals surface area contributed by atoms with Gasteiger partial charge in [-0.1, -0.05) is 18.9 Å². The lowest BCUT2D eigenvalue weighted by atomic mass is 9.97. The zero-order valence-corrected chi connectivity index (χ0v) is 12.7. The number of hydrogen-bond donors (Lipinski definition) is 2. The van der Waals surface area contributed by atoms with Gasteiger partial charge >= 0.3 is 0 Å². The van der Waals surface area contributed by atoms with Crippen LogP contribution in [0.15, 0.2) is 18.2 Å². The molecule has 5 nitrogen and oxygen atoms in total. The minimum absolute atomic E-state index is 0. The molecule has 1 saturated carbocycles. The van der Waals surface area contributed by atoms with E-state index in [2.05, 4.69) is 5.32 Å². The van der Waals surface area contributed by atoms with E-state index >= 15 is 0 Å². The van der Waals surface area contributed by atoms with Gasteiger partial charge < -0.3 is 20.5 Å². The zero-order valence-electron chi connectivity index (χ0n) is 11.9. The van der Waals surface area contributed by atoms with Crippen molar-refractivity contribution in [1.29, 1.82) is 0 Å². The second-order valence-corrected chi connectivity index (χ2v) is 5.48. The Morgan fingerprint density at radius 3 is 2.67 bits per heavy atom. The summed E-state index contributed by atoms with van der Waals surface area (Å²) in [5.41, 5.74) is 6.14. The molecule has 3 rings (SSSR count). The van der Waals surface area contributed by atoms with E-state index < -0.39 is 0 Å². The fourth-order valence-corrected chi connectivity index (χ4v) is 2.99. The SMILES string of the molecule is Cl.NCC1(NC(=O)c2cccc3c2OCCO3)CCCC1. The fourth-order valence-electron chi connectivity index (χ4n) is 2.99. The lowest BCUT2D eigenvalue weighted by Crippen LogP contribution is -2.51. The van der Waals surface area contributed by atoms with Crippen LogP contribution in [-0.4, -0.2) is 31.2 Å². The maximum absolute atomic E-state index is 12.5. The molecule has 21 heavy (non-hydrogen) atoms. The Hall–Kier alpha value is -1.46. The number of benzene rings is 1. The van der Waals surface area contributed by atoms with Crippen LogP contribution < -0.4 is 20.5 Å². The molecule has 1 heterocycles. The minimum atomic E-state index is -0.255. The summed E-state index contributed by atoms with van der Waals surface area (Å²) in [5.74, 6) is 1.05. The molecule has 0 radical (unpaired) electrons. The van der Waals surface area contributed by atoms with Gasteiger partial charge in [-0.15, -0.1) is 12.4 Å². The number of rotatable bonds is 3. The summed E-state index contributed by atoms with van der Waals surface area (Å²) in [4.78, 5) is 12.5. The van der Waals surface area contributed by atoms with Crippen molar-refractivity contribution in [2.45, 2.75) is 31.2 Å². The normalized spacial score (nSPS) is 18.7. The van der Waals surface area contributed by atoms with Crippen LogP contribution in [0.3, 0.4) is 0 Å². The molecule has 1 aliphatic carbocycles. The highest BCUT2D eigenvalue weighted by Crippen LogP contribution is 2.35. The molecule has 116 valence electrons. The Balaban J connectivity index is 0.00000161. The third kappa shape index (κ3) is 3.09. The maximum atomic E-state index is 12.5. The van der Waals surface area contributed by atoms with Crippen molar-refractivity contribution < 1.29 is 14.3 Å². The standard InChI is InChI=1S/C15H20N2O3.ClH/c16-10-15(6-1-2-7-15)17-14(18)11-4-3-5-12-13(11)20-9-8-19-12;/h3-5H,1-2,6-10,16H2,(H,17,18);1H. The number of fused-ring (bicyclic) bond motifs is 1. The average molecular weight is 313 g/mol. The Morgan fingerprint density at radius 1 is 1.24 bits per heavy atom. The Kier molecular flexibility index (Phi) is 4.96. The number of halogens is 1. The molecule has 1 aromatic carbocycles. The smallest absolute Gasteiger partial charge is 0.255 e. The molecule has 0 spiro atoms. The van der Waals surface area contributed by atoms with Crippen LogP contribution in [0.5, 0.6) is 11.5 Å². The second kappa shape index (κ2) is 6.54. The molecule has 1 fully saturated rings. The lowest BCUT2D eigenvalue weighted by Gasteiger charge is -2.29. The summed E-state index contributed by atoms with van der Waals surface area (Å²) in [6.45, 7) is 1.47. The van der Waals surface area contributed by atoms with Gasteiger partial charge in [-0.05, 0) is 25.0 Å². The topological polar surface area (TPSA) is 73.6 Å². The van der Waals surface area contributed by atoms with Crippen LogP contribution in [0.25, 0.3) is 0 Å². The Labute approximate surface area is 130 Å². The van der Waals surface area contributed by atoms with Crippen LogP contribution >= 0.6 is 12.4 Å². The Bertz CT molecular complexity index is 516. The molecule has 1 amide bonds. The van der Waals surface area contributed by atoms with E-state index in [1.807, 2.05) is 12.1 Å². The Morgan fingerprint density at radius 2 is 1.95 bits per heavy atom. The van der Waals surface area contributed by atoms with Crippen molar-refractivity contribution in [2.75, 3.05) is 19.8 Å². The maximum Gasteiger partial charge on any atom is 0.255 e. The van der Waals surface area contributed by atoms with Crippen LogP contribution in [0, 0.1) is 0 Å². The summed E-state index contributed by atoms with van der Waals surface area (Å²) < 4.78 is 11.1. The molecular formula is C15H21ClN2O3. The molecule has 1 aromatic rings. The molecule has 6 heteroatoms. The number of nitrogens with two attached hydrogens (primary N) is 1. The molecular weight excluding hydrogens is 292 g/mol. The highest BCUT2D eigenvalue weighted by atomic mass is 35.5. The van der Waals surface area contributed by atoms with Gasteiger partial charge in [-0.2, -0.15) is 0 Å². The molecule has 3 N–H and O–H groups in total. The third-order valence-electron chi connectivity index (χ3n) is 4.14. The quantitative estimate of drug-likeness (QED) is 0.894. The number of hydrogen-bond acceptors (Lipinski definition) is 4. The van der Waals surface area contributed by atoms with Crippen molar-refractivity contribution in [2.24, 2.45) is 5.73 Å². The van der Waals surface area contributed by atoms with E-state index in [0.29, 0.717) is 36.8 Å². The molecule has 0 unspecified atom stereocenters. The summed E-state index contributed by atoms with van der Waals surface area (Å²) in [7, 11) is 0. The van der Waals surface area contributed by atoms with Crippen molar-refractivity contribution in [3.05, 3.63) is 23.8 Å². The molecule has 2 aliphatic rings. The van der Waals surface area contributed by atoms with Gasteiger partial charge in [0.15, 0.2) is 11.5 Å². The number of para-hydroxylation sites is 1. The van der Waals surface area contributed by atoms with E-state index in [-0.39, 0.29) is 23.9 Å². The van der Waals surface area contributed by atoms with E-state index in [9.17, 15) is 4.79 Å². The number of ether oxygens (including phenoxy) is 2. The predicted octanol–water partition coefficient (Wildman–Crippen LogP) is 1.88. The van der Waals surface area contributed by atoms with Crippen LogP contribution in [-0.2, 0) is 0 Å². The largest absolute Gasteiger partial charge is 0.486 e. The number of carbonyl (C=O) groups is 1. The van der Waals surface area contributed by atoms with E-state index in [0.717, 1.165) is 25.7 Å². The highest BCUT2D eigenvalue weighted by Gasteiger charge is 2.35. The van der Waals surface area contributed by atoms with E-state index in [4.69, 9.17) is 15.2 Å². The molecule has 0 atom stereocenters. The summed E-state index contributed by atoms with van der Waals surface area (Å²) in [5, 5.41) is 3.11. The van der Waals surface area contributed by atoms with Gasteiger partial charge in [-0.3, -0.25) is 4.79 Å². The van der Waals surface area contributed by atoms with Gasteiger partial charge in [0.05, 0.1) is 11.1 Å². The first-order valence-corrected chi connectivity index (χ1v) is 7.15. The first kappa shape index (κ1) is 15.9. The summed E-state index contributed by atoms with van der Waals surface area (Å²) in [6, 6.07) is 5.40. The first-order chi connectivity index (χ1) is 9.74. The van der Waals surface area contributed by atoms with Gasteiger partial charge in [0.2, 0.25) is 0 Å². The van der Waals surface area contributed by atoms with Crippen molar-refractivity contribution in [3.8, 4) is 11.5 Å². The fraction of sp³-hybridized carbons (Fsp3) is 0.533. The summed E-state index contributed by atoms with van der Waals surface area (Å²) >= 11 is 0. The van der Waals surface area contributed by atoms with Gasteiger partial charge in [0.25, 0.3) is 5.91 Å². The number of carbonyl (C=O) groups excluding carboxylic acids is 1.